The summed E-state index contributed by atoms with van der Waals surface area (Å²) in [7, 11) is -3.42. The molecule has 1 aliphatic heterocycles. The molecule has 0 unspecified atom stereocenters. The first kappa shape index (κ1) is 12.2. The topological polar surface area (TPSA) is 44.8 Å². The van der Waals surface area contributed by atoms with Gasteiger partial charge in [-0.1, -0.05) is 31.0 Å². The van der Waals surface area contributed by atoms with E-state index in [1.165, 1.54) is 6.42 Å². The van der Waals surface area contributed by atoms with Gasteiger partial charge in [-0.05, 0) is 25.0 Å². The van der Waals surface area contributed by atoms with Gasteiger partial charge in [0.15, 0.2) is 0 Å². The minimum atomic E-state index is -3.42. The fourth-order valence-corrected chi connectivity index (χ4v) is 4.06. The maximum atomic E-state index is 12.4. The molecule has 0 spiro atoms. The first-order valence-corrected chi connectivity index (χ1v) is 7.89. The first-order chi connectivity index (χ1) is 8.75. The van der Waals surface area contributed by atoms with Gasteiger partial charge in [-0.2, -0.15) is 0 Å². The van der Waals surface area contributed by atoms with Crippen molar-refractivity contribution >= 4 is 7.82 Å². The molecule has 0 N–H and O–H groups in total. The van der Waals surface area contributed by atoms with Gasteiger partial charge in [-0.15, -0.1) is 0 Å². The van der Waals surface area contributed by atoms with E-state index < -0.39 is 7.82 Å². The van der Waals surface area contributed by atoms with Crippen LogP contribution in [-0.4, -0.2) is 12.7 Å². The Hall–Kier alpha value is -0.830. The van der Waals surface area contributed by atoms with Crippen molar-refractivity contribution in [3.05, 3.63) is 30.3 Å². The van der Waals surface area contributed by atoms with Gasteiger partial charge < -0.3 is 4.52 Å². The molecule has 1 saturated carbocycles. The van der Waals surface area contributed by atoms with E-state index in [1.54, 1.807) is 12.1 Å². The average Bonchev–Trinajstić information content (AvgIpc) is 2.39. The highest BCUT2D eigenvalue weighted by atomic mass is 31.2. The Morgan fingerprint density at radius 3 is 2.78 bits per heavy atom. The number of phosphoric ester groups is 1. The van der Waals surface area contributed by atoms with Crippen molar-refractivity contribution < 1.29 is 18.1 Å². The summed E-state index contributed by atoms with van der Waals surface area (Å²) < 4.78 is 28.7. The van der Waals surface area contributed by atoms with Crippen LogP contribution in [0.5, 0.6) is 5.75 Å². The van der Waals surface area contributed by atoms with E-state index >= 15 is 0 Å². The van der Waals surface area contributed by atoms with E-state index in [0.29, 0.717) is 18.3 Å². The van der Waals surface area contributed by atoms with Crippen LogP contribution in [0.3, 0.4) is 0 Å². The summed E-state index contributed by atoms with van der Waals surface area (Å²) in [6.45, 7) is 0.481. The molecule has 0 amide bonds. The van der Waals surface area contributed by atoms with Gasteiger partial charge in [0.25, 0.3) is 0 Å². The molecule has 3 rings (SSSR count). The molecule has 18 heavy (non-hydrogen) atoms. The normalized spacial score (nSPS) is 35.8. The summed E-state index contributed by atoms with van der Waals surface area (Å²) in [6.07, 6.45) is 4.41. The monoisotopic (exact) mass is 268 g/mol. The molecule has 1 aliphatic carbocycles. The molecule has 1 aromatic rings. The predicted octanol–water partition coefficient (Wildman–Crippen LogP) is 3.78. The first-order valence-electron chi connectivity index (χ1n) is 6.43. The molecule has 0 bridgehead atoms. The molecule has 2 fully saturated rings. The van der Waals surface area contributed by atoms with Crippen molar-refractivity contribution in [3.8, 4) is 5.75 Å². The molecule has 4 nitrogen and oxygen atoms in total. The molecule has 0 aromatic heterocycles. The van der Waals surface area contributed by atoms with E-state index in [-0.39, 0.29) is 6.10 Å². The van der Waals surface area contributed by atoms with E-state index in [1.807, 2.05) is 18.2 Å². The number of hydrogen-bond donors (Lipinski definition) is 0. The largest absolute Gasteiger partial charge is 0.530 e. The van der Waals surface area contributed by atoms with Crippen LogP contribution in [0.1, 0.15) is 25.7 Å². The number of phosphoric acid groups is 1. The zero-order valence-corrected chi connectivity index (χ0v) is 11.1. The summed E-state index contributed by atoms with van der Waals surface area (Å²) in [6, 6.07) is 9.03. The lowest BCUT2D eigenvalue weighted by atomic mass is 9.87. The summed E-state index contributed by atoms with van der Waals surface area (Å²) in [5, 5.41) is 0. The van der Waals surface area contributed by atoms with Crippen molar-refractivity contribution in [2.45, 2.75) is 31.8 Å². The third kappa shape index (κ3) is 2.61. The smallest absolute Gasteiger partial charge is 0.404 e. The molecule has 1 heterocycles. The number of fused-ring (bicyclic) bond motifs is 1. The number of para-hydroxylation sites is 1. The highest BCUT2D eigenvalue weighted by Gasteiger charge is 2.42. The van der Waals surface area contributed by atoms with Gasteiger partial charge in [0.05, 0.1) is 12.7 Å². The molecule has 5 heteroatoms. The van der Waals surface area contributed by atoms with Crippen LogP contribution in [0.2, 0.25) is 0 Å². The Labute approximate surface area is 107 Å². The lowest BCUT2D eigenvalue weighted by Crippen LogP contribution is -2.35. The van der Waals surface area contributed by atoms with Crippen molar-refractivity contribution in [2.75, 3.05) is 6.61 Å². The lowest BCUT2D eigenvalue weighted by molar-refractivity contribution is -0.0173. The molecule has 1 saturated heterocycles. The summed E-state index contributed by atoms with van der Waals surface area (Å²) in [5.41, 5.74) is 0. The lowest BCUT2D eigenvalue weighted by Gasteiger charge is -2.37. The highest BCUT2D eigenvalue weighted by molar-refractivity contribution is 7.49. The third-order valence-electron chi connectivity index (χ3n) is 3.51. The Bertz CT molecular complexity index is 448. The second kappa shape index (κ2) is 5.04. The van der Waals surface area contributed by atoms with Gasteiger partial charge in [0, 0.05) is 5.92 Å². The van der Waals surface area contributed by atoms with Crippen LogP contribution >= 0.6 is 7.82 Å². The standard InChI is InChI=1S/C13H17O4P/c14-18(16-12-7-2-1-3-8-12)15-10-11-6-4-5-9-13(11)17-18/h1-3,7-8,11,13H,4-6,9-10H2/t11-,13+,18+/m1/s1. The van der Waals surface area contributed by atoms with Crippen LogP contribution in [0.25, 0.3) is 0 Å². The number of rotatable bonds is 2. The van der Waals surface area contributed by atoms with Crippen molar-refractivity contribution in [3.63, 3.8) is 0 Å². The van der Waals surface area contributed by atoms with Crippen LogP contribution in [0, 0.1) is 5.92 Å². The quantitative estimate of drug-likeness (QED) is 0.766. The SMILES string of the molecule is O=[P@@]1(Oc2ccccc2)OC[C@H]2CCCC[C@@H]2O1. The summed E-state index contributed by atoms with van der Waals surface area (Å²) in [5.74, 6) is 0.898. The van der Waals surface area contributed by atoms with Crippen LogP contribution in [0.15, 0.2) is 30.3 Å². The minimum absolute atomic E-state index is 0.0297. The number of hydrogen-bond acceptors (Lipinski definition) is 4. The fraction of sp³-hybridized carbons (Fsp3) is 0.538. The van der Waals surface area contributed by atoms with E-state index in [9.17, 15) is 4.57 Å². The molecule has 98 valence electrons. The molecule has 3 atom stereocenters. The molecular formula is C13H17O4P. The fourth-order valence-electron chi connectivity index (χ4n) is 2.54. The summed E-state index contributed by atoms with van der Waals surface area (Å²) >= 11 is 0. The molecule has 0 radical (unpaired) electrons. The second-order valence-corrected chi connectivity index (χ2v) is 6.38. The minimum Gasteiger partial charge on any atom is -0.404 e. The van der Waals surface area contributed by atoms with Crippen molar-refractivity contribution in [1.82, 2.24) is 0 Å². The maximum absolute atomic E-state index is 12.4. The van der Waals surface area contributed by atoms with Crippen LogP contribution in [0.4, 0.5) is 0 Å². The average molecular weight is 268 g/mol. The van der Waals surface area contributed by atoms with Gasteiger partial charge in [0.2, 0.25) is 0 Å². The van der Waals surface area contributed by atoms with Crippen molar-refractivity contribution in [2.24, 2.45) is 5.92 Å². The summed E-state index contributed by atoms with van der Waals surface area (Å²) in [4.78, 5) is 0. The van der Waals surface area contributed by atoms with Crippen LogP contribution in [-0.2, 0) is 13.6 Å². The Morgan fingerprint density at radius 1 is 1.17 bits per heavy atom. The van der Waals surface area contributed by atoms with E-state index in [2.05, 4.69) is 0 Å². The Morgan fingerprint density at radius 2 is 1.94 bits per heavy atom. The van der Waals surface area contributed by atoms with E-state index in [4.69, 9.17) is 13.6 Å². The van der Waals surface area contributed by atoms with Crippen LogP contribution < -0.4 is 4.52 Å². The van der Waals surface area contributed by atoms with Gasteiger partial charge in [-0.3, -0.25) is 9.05 Å². The van der Waals surface area contributed by atoms with E-state index in [0.717, 1.165) is 19.3 Å². The maximum Gasteiger partial charge on any atom is 0.530 e. The van der Waals surface area contributed by atoms with Gasteiger partial charge >= 0.3 is 7.82 Å². The Kier molecular flexibility index (Phi) is 3.42. The van der Waals surface area contributed by atoms with Gasteiger partial charge in [-0.25, -0.2) is 4.57 Å². The Balaban J connectivity index is 1.70. The zero-order valence-electron chi connectivity index (χ0n) is 10.2. The van der Waals surface area contributed by atoms with Gasteiger partial charge in [0.1, 0.15) is 5.75 Å². The third-order valence-corrected chi connectivity index (χ3v) is 4.94. The zero-order chi connectivity index (χ0) is 12.4. The molecule has 1 aromatic carbocycles. The number of benzene rings is 1. The molecular weight excluding hydrogens is 251 g/mol. The predicted molar refractivity (Wildman–Crippen MR) is 67.5 cm³/mol. The molecule has 2 aliphatic rings. The van der Waals surface area contributed by atoms with Crippen molar-refractivity contribution in [1.29, 1.82) is 0 Å². The second-order valence-electron chi connectivity index (χ2n) is 4.84. The highest BCUT2D eigenvalue weighted by Crippen LogP contribution is 2.56.